The Hall–Kier alpha value is -3.30. The molecule has 2 aromatic carbocycles. The topological polar surface area (TPSA) is 84.1 Å². The minimum Gasteiger partial charge on any atom is -0.495 e. The summed E-state index contributed by atoms with van der Waals surface area (Å²) in [7, 11) is 1.49. The van der Waals surface area contributed by atoms with Crippen molar-refractivity contribution in [2.45, 2.75) is 13.5 Å². The molecule has 27 heavy (non-hydrogen) atoms. The first kappa shape index (κ1) is 18.5. The van der Waals surface area contributed by atoms with Gasteiger partial charge >= 0.3 is 0 Å². The minimum absolute atomic E-state index is 0.0126. The number of rotatable bonds is 4. The lowest BCUT2D eigenvalue weighted by Crippen LogP contribution is -2.22. The van der Waals surface area contributed by atoms with E-state index >= 15 is 0 Å². The number of nitrogens with zero attached hydrogens (tertiary/aromatic N) is 2. The number of anilines is 1. The van der Waals surface area contributed by atoms with Gasteiger partial charge in [0.2, 0.25) is 11.3 Å². The molecule has 0 aliphatic carbocycles. The normalized spacial score (nSPS) is 10.4. The Bertz CT molecular complexity index is 1150. The van der Waals surface area contributed by atoms with E-state index in [9.17, 15) is 14.9 Å². The van der Waals surface area contributed by atoms with Crippen molar-refractivity contribution in [3.05, 3.63) is 69.0 Å². The molecule has 1 heterocycles. The van der Waals surface area contributed by atoms with Gasteiger partial charge in [0.25, 0.3) is 0 Å². The number of nitrogens with one attached hydrogen (secondary N) is 1. The van der Waals surface area contributed by atoms with Crippen LogP contribution in [-0.4, -0.2) is 17.6 Å². The summed E-state index contributed by atoms with van der Waals surface area (Å²) in [4.78, 5) is 24.9. The molecule has 1 aromatic heterocycles. The second-order valence-electron chi connectivity index (χ2n) is 5.98. The maximum atomic E-state index is 12.6. The molecule has 0 radical (unpaired) electrons. The van der Waals surface area contributed by atoms with E-state index in [0.717, 1.165) is 5.56 Å². The van der Waals surface area contributed by atoms with Crippen LogP contribution in [0, 0.1) is 18.3 Å². The Kier molecular flexibility index (Phi) is 5.15. The highest BCUT2D eigenvalue weighted by Gasteiger charge is 2.13. The highest BCUT2D eigenvalue weighted by atomic mass is 35.5. The molecule has 6 nitrogen and oxygen atoms in total. The van der Waals surface area contributed by atoms with Crippen molar-refractivity contribution in [1.29, 1.82) is 5.26 Å². The SMILES string of the molecule is COc1cc(Cl)c(C)cc1NC(=O)Cn1cc(C#N)c(=O)c2ccccc21. The molecule has 0 saturated carbocycles. The van der Waals surface area contributed by atoms with E-state index in [-0.39, 0.29) is 23.4 Å². The van der Waals surface area contributed by atoms with Crippen LogP contribution in [0.25, 0.3) is 10.9 Å². The van der Waals surface area contributed by atoms with Crippen LogP contribution in [0.1, 0.15) is 11.1 Å². The number of aromatic nitrogens is 1. The smallest absolute Gasteiger partial charge is 0.244 e. The highest BCUT2D eigenvalue weighted by Crippen LogP contribution is 2.31. The predicted molar refractivity (Wildman–Crippen MR) is 104 cm³/mol. The van der Waals surface area contributed by atoms with E-state index in [2.05, 4.69) is 5.32 Å². The number of para-hydroxylation sites is 1. The molecular formula is C20H16ClN3O3. The third kappa shape index (κ3) is 3.64. The fourth-order valence-corrected chi connectivity index (χ4v) is 2.98. The predicted octanol–water partition coefficient (Wildman–Crippen LogP) is 3.48. The van der Waals surface area contributed by atoms with Crippen molar-refractivity contribution >= 4 is 34.1 Å². The molecule has 3 rings (SSSR count). The lowest BCUT2D eigenvalue weighted by atomic mass is 10.1. The van der Waals surface area contributed by atoms with Crippen molar-refractivity contribution < 1.29 is 9.53 Å². The van der Waals surface area contributed by atoms with Crippen LogP contribution < -0.4 is 15.5 Å². The van der Waals surface area contributed by atoms with Crippen LogP contribution in [0.4, 0.5) is 5.69 Å². The van der Waals surface area contributed by atoms with Gasteiger partial charge < -0.3 is 14.6 Å². The Balaban J connectivity index is 1.96. The Morgan fingerprint density at radius 2 is 2.07 bits per heavy atom. The monoisotopic (exact) mass is 381 g/mol. The average Bonchev–Trinajstić information content (AvgIpc) is 2.66. The summed E-state index contributed by atoms with van der Waals surface area (Å²) in [5.74, 6) is 0.120. The molecule has 0 unspecified atom stereocenters. The fraction of sp³-hybridized carbons (Fsp3) is 0.150. The van der Waals surface area contributed by atoms with E-state index < -0.39 is 0 Å². The Labute approximate surface area is 160 Å². The molecule has 0 atom stereocenters. The Morgan fingerprint density at radius 3 is 2.78 bits per heavy atom. The molecule has 0 aliphatic heterocycles. The maximum Gasteiger partial charge on any atom is 0.244 e. The summed E-state index contributed by atoms with van der Waals surface area (Å²) in [5.41, 5.74) is 1.51. The standard InChI is InChI=1S/C20H16ClN3O3/c1-12-7-16(18(27-2)8-15(12)21)23-19(25)11-24-10-13(9-22)20(26)14-5-3-4-6-17(14)24/h3-8,10H,11H2,1-2H3,(H,23,25). The van der Waals surface area contributed by atoms with Gasteiger partial charge in [0.15, 0.2) is 0 Å². The third-order valence-electron chi connectivity index (χ3n) is 4.18. The Morgan fingerprint density at radius 1 is 1.33 bits per heavy atom. The molecule has 1 amide bonds. The number of carbonyl (C=O) groups excluding carboxylic acids is 1. The molecule has 0 bridgehead atoms. The number of halogens is 1. The first-order chi connectivity index (χ1) is 12.9. The number of hydrogen-bond acceptors (Lipinski definition) is 4. The third-order valence-corrected chi connectivity index (χ3v) is 4.58. The molecule has 0 spiro atoms. The number of carbonyl (C=O) groups is 1. The van der Waals surface area contributed by atoms with Gasteiger partial charge in [-0.15, -0.1) is 0 Å². The molecule has 0 saturated heterocycles. The molecule has 136 valence electrons. The van der Waals surface area contributed by atoms with Gasteiger partial charge in [-0.1, -0.05) is 23.7 Å². The first-order valence-corrected chi connectivity index (χ1v) is 8.48. The minimum atomic E-state index is -0.347. The van der Waals surface area contributed by atoms with Crippen molar-refractivity contribution in [2.24, 2.45) is 0 Å². The number of aryl methyl sites for hydroxylation is 1. The zero-order chi connectivity index (χ0) is 19.6. The van der Waals surface area contributed by atoms with E-state index in [4.69, 9.17) is 16.3 Å². The van der Waals surface area contributed by atoms with Gasteiger partial charge in [0, 0.05) is 22.7 Å². The number of methoxy groups -OCH3 is 1. The van der Waals surface area contributed by atoms with Crippen LogP contribution in [0.3, 0.4) is 0 Å². The van der Waals surface area contributed by atoms with Crippen LogP contribution in [-0.2, 0) is 11.3 Å². The van der Waals surface area contributed by atoms with Gasteiger partial charge in [-0.05, 0) is 30.7 Å². The second-order valence-corrected chi connectivity index (χ2v) is 6.39. The molecule has 1 N–H and O–H groups in total. The molecule has 7 heteroatoms. The summed E-state index contributed by atoms with van der Waals surface area (Å²) in [6.45, 7) is 1.76. The summed E-state index contributed by atoms with van der Waals surface area (Å²) >= 11 is 6.09. The van der Waals surface area contributed by atoms with Gasteiger partial charge in [-0.2, -0.15) is 5.26 Å². The van der Waals surface area contributed by atoms with Gasteiger partial charge in [-0.3, -0.25) is 9.59 Å². The second kappa shape index (κ2) is 7.52. The summed E-state index contributed by atoms with van der Waals surface area (Å²) < 4.78 is 6.85. The van der Waals surface area contributed by atoms with Crippen molar-refractivity contribution in [3.8, 4) is 11.8 Å². The maximum absolute atomic E-state index is 12.6. The first-order valence-electron chi connectivity index (χ1n) is 8.11. The van der Waals surface area contributed by atoms with E-state index in [1.165, 1.54) is 13.3 Å². The van der Waals surface area contributed by atoms with Gasteiger partial charge in [-0.25, -0.2) is 0 Å². The lowest BCUT2D eigenvalue weighted by molar-refractivity contribution is -0.116. The fourth-order valence-electron chi connectivity index (χ4n) is 2.83. The zero-order valence-electron chi connectivity index (χ0n) is 14.7. The highest BCUT2D eigenvalue weighted by molar-refractivity contribution is 6.31. The largest absolute Gasteiger partial charge is 0.495 e. The lowest BCUT2D eigenvalue weighted by Gasteiger charge is -2.14. The van der Waals surface area contributed by atoms with Crippen LogP contribution in [0.15, 0.2) is 47.4 Å². The van der Waals surface area contributed by atoms with E-state index in [0.29, 0.717) is 27.4 Å². The summed E-state index contributed by atoms with van der Waals surface area (Å²) in [5, 5.41) is 12.9. The van der Waals surface area contributed by atoms with Gasteiger partial charge in [0.05, 0.1) is 18.3 Å². The number of ether oxygens (including phenoxy) is 1. The zero-order valence-corrected chi connectivity index (χ0v) is 15.5. The van der Waals surface area contributed by atoms with Crippen LogP contribution in [0.5, 0.6) is 5.75 Å². The van der Waals surface area contributed by atoms with E-state index in [1.54, 1.807) is 41.0 Å². The number of benzene rings is 2. The number of amides is 1. The number of nitriles is 1. The molecule has 3 aromatic rings. The van der Waals surface area contributed by atoms with Crippen molar-refractivity contribution in [2.75, 3.05) is 12.4 Å². The number of fused-ring (bicyclic) bond motifs is 1. The van der Waals surface area contributed by atoms with Gasteiger partial charge in [0.1, 0.15) is 23.9 Å². The quantitative estimate of drug-likeness (QED) is 0.749. The number of pyridine rings is 1. The molecule has 0 fully saturated rings. The van der Waals surface area contributed by atoms with Crippen molar-refractivity contribution in [3.63, 3.8) is 0 Å². The molecule has 0 aliphatic rings. The van der Waals surface area contributed by atoms with Crippen molar-refractivity contribution in [1.82, 2.24) is 4.57 Å². The number of hydrogen-bond donors (Lipinski definition) is 1. The molecular weight excluding hydrogens is 366 g/mol. The van der Waals surface area contributed by atoms with Crippen LogP contribution in [0.2, 0.25) is 5.02 Å². The van der Waals surface area contributed by atoms with Crippen LogP contribution >= 0.6 is 11.6 Å². The van der Waals surface area contributed by atoms with E-state index in [1.807, 2.05) is 13.0 Å². The summed E-state index contributed by atoms with van der Waals surface area (Å²) in [6.07, 6.45) is 1.40. The summed E-state index contributed by atoms with van der Waals surface area (Å²) in [6, 6.07) is 12.1. The average molecular weight is 382 g/mol.